The summed E-state index contributed by atoms with van der Waals surface area (Å²) in [5.41, 5.74) is -0.0279. The van der Waals surface area contributed by atoms with Gasteiger partial charge < -0.3 is 20.1 Å². The van der Waals surface area contributed by atoms with Crippen molar-refractivity contribution >= 4 is 5.96 Å². The summed E-state index contributed by atoms with van der Waals surface area (Å²) >= 11 is 0. The number of aliphatic imine (C=N–C) groups is 1. The van der Waals surface area contributed by atoms with Crippen molar-refractivity contribution in [2.24, 2.45) is 16.3 Å². The molecule has 2 saturated carbocycles. The van der Waals surface area contributed by atoms with E-state index in [1.54, 1.807) is 0 Å². The number of aliphatic hydroxyl groups excluding tert-OH is 1. The van der Waals surface area contributed by atoms with Crippen LogP contribution in [0.1, 0.15) is 58.3 Å². The van der Waals surface area contributed by atoms with Crippen LogP contribution in [-0.4, -0.2) is 61.5 Å². The molecule has 3 fully saturated rings. The molecule has 138 valence electrons. The Labute approximate surface area is 146 Å². The zero-order chi connectivity index (χ0) is 17.0. The van der Waals surface area contributed by atoms with E-state index in [-0.39, 0.29) is 11.5 Å². The molecule has 0 aromatic heterocycles. The van der Waals surface area contributed by atoms with Gasteiger partial charge in [-0.15, -0.1) is 0 Å². The Kier molecular flexibility index (Phi) is 6.03. The summed E-state index contributed by atoms with van der Waals surface area (Å²) in [6, 6.07) is 0. The smallest absolute Gasteiger partial charge is 0.193 e. The fraction of sp³-hybridized carbons (Fsp3) is 0.947. The van der Waals surface area contributed by atoms with Crippen LogP contribution in [0, 0.1) is 11.3 Å². The van der Waals surface area contributed by atoms with Gasteiger partial charge in [0.1, 0.15) is 0 Å². The van der Waals surface area contributed by atoms with E-state index in [1.165, 1.54) is 19.3 Å². The molecule has 0 aromatic rings. The number of hydrogen-bond donors (Lipinski definition) is 2. The van der Waals surface area contributed by atoms with E-state index in [1.807, 2.05) is 7.05 Å². The standard InChI is InChI=1S/C19H35N3O2/c1-19(10-4-3-5-17(19)23)14-21-18(20-2)22-11-8-16(9-12-22)24-13-15-6-7-15/h15-17,23H,3-14H2,1-2H3,(H,20,21). The van der Waals surface area contributed by atoms with Crippen LogP contribution in [0.5, 0.6) is 0 Å². The van der Waals surface area contributed by atoms with Crippen molar-refractivity contribution < 1.29 is 9.84 Å². The molecule has 0 spiro atoms. The number of ether oxygens (including phenoxy) is 1. The largest absolute Gasteiger partial charge is 0.392 e. The quantitative estimate of drug-likeness (QED) is 0.597. The molecule has 0 aromatic carbocycles. The molecule has 5 nitrogen and oxygen atoms in total. The van der Waals surface area contributed by atoms with Crippen LogP contribution < -0.4 is 5.32 Å². The molecule has 3 rings (SSSR count). The first kappa shape index (κ1) is 18.0. The molecule has 2 unspecified atom stereocenters. The van der Waals surface area contributed by atoms with Crippen LogP contribution in [0.3, 0.4) is 0 Å². The molecule has 2 aliphatic carbocycles. The number of nitrogens with one attached hydrogen (secondary N) is 1. The summed E-state index contributed by atoms with van der Waals surface area (Å²) in [6.45, 7) is 5.99. The number of likely N-dealkylation sites (tertiary alicyclic amines) is 1. The van der Waals surface area contributed by atoms with Crippen LogP contribution in [-0.2, 0) is 4.74 Å². The van der Waals surface area contributed by atoms with Gasteiger partial charge in [0, 0.05) is 38.7 Å². The van der Waals surface area contributed by atoms with E-state index in [0.717, 1.165) is 70.2 Å². The molecule has 0 radical (unpaired) electrons. The second kappa shape index (κ2) is 8.05. The monoisotopic (exact) mass is 337 g/mol. The highest BCUT2D eigenvalue weighted by atomic mass is 16.5. The molecule has 1 saturated heterocycles. The van der Waals surface area contributed by atoms with Crippen molar-refractivity contribution in [1.82, 2.24) is 10.2 Å². The van der Waals surface area contributed by atoms with Crippen molar-refractivity contribution in [2.75, 3.05) is 33.3 Å². The van der Waals surface area contributed by atoms with Crippen LogP contribution >= 0.6 is 0 Å². The lowest BCUT2D eigenvalue weighted by Crippen LogP contribution is -2.51. The zero-order valence-electron chi connectivity index (χ0n) is 15.5. The average molecular weight is 338 g/mol. The van der Waals surface area contributed by atoms with Crippen LogP contribution in [0.15, 0.2) is 4.99 Å². The summed E-state index contributed by atoms with van der Waals surface area (Å²) in [6.07, 6.45) is 9.53. The van der Waals surface area contributed by atoms with Gasteiger partial charge in [-0.1, -0.05) is 19.8 Å². The third-order valence-electron chi connectivity index (χ3n) is 6.15. The predicted molar refractivity (Wildman–Crippen MR) is 97.2 cm³/mol. The summed E-state index contributed by atoms with van der Waals surface area (Å²) in [5, 5.41) is 13.9. The van der Waals surface area contributed by atoms with Crippen LogP contribution in [0.2, 0.25) is 0 Å². The lowest BCUT2D eigenvalue weighted by atomic mass is 9.73. The molecule has 0 bridgehead atoms. The summed E-state index contributed by atoms with van der Waals surface area (Å²) in [5.74, 6) is 1.83. The Morgan fingerprint density at radius 1 is 1.21 bits per heavy atom. The number of rotatable bonds is 5. The second-order valence-electron chi connectivity index (χ2n) is 8.28. The summed E-state index contributed by atoms with van der Waals surface area (Å²) < 4.78 is 6.03. The first-order chi connectivity index (χ1) is 11.6. The van der Waals surface area contributed by atoms with E-state index < -0.39 is 0 Å². The fourth-order valence-corrected chi connectivity index (χ4v) is 3.99. The Morgan fingerprint density at radius 3 is 2.58 bits per heavy atom. The van der Waals surface area contributed by atoms with Gasteiger partial charge >= 0.3 is 0 Å². The normalized spacial score (nSPS) is 32.9. The van der Waals surface area contributed by atoms with E-state index in [4.69, 9.17) is 4.74 Å². The molecule has 1 heterocycles. The van der Waals surface area contributed by atoms with Crippen LogP contribution in [0.4, 0.5) is 0 Å². The molecule has 2 N–H and O–H groups in total. The molecular weight excluding hydrogens is 302 g/mol. The maximum Gasteiger partial charge on any atom is 0.193 e. The Bertz CT molecular complexity index is 430. The summed E-state index contributed by atoms with van der Waals surface area (Å²) in [4.78, 5) is 6.81. The molecular formula is C19H35N3O2. The second-order valence-corrected chi connectivity index (χ2v) is 8.28. The molecule has 5 heteroatoms. The first-order valence-electron chi connectivity index (χ1n) is 9.86. The third kappa shape index (κ3) is 4.63. The van der Waals surface area contributed by atoms with E-state index in [9.17, 15) is 5.11 Å². The first-order valence-corrected chi connectivity index (χ1v) is 9.86. The fourth-order valence-electron chi connectivity index (χ4n) is 3.99. The number of aliphatic hydroxyl groups is 1. The molecule has 2 atom stereocenters. The van der Waals surface area contributed by atoms with Gasteiger partial charge in [-0.05, 0) is 44.4 Å². The zero-order valence-corrected chi connectivity index (χ0v) is 15.5. The van der Waals surface area contributed by atoms with E-state index >= 15 is 0 Å². The van der Waals surface area contributed by atoms with Gasteiger partial charge in [-0.25, -0.2) is 0 Å². The van der Waals surface area contributed by atoms with Crippen molar-refractivity contribution in [3.05, 3.63) is 0 Å². The maximum absolute atomic E-state index is 10.4. The van der Waals surface area contributed by atoms with Gasteiger partial charge in [-0.3, -0.25) is 4.99 Å². The van der Waals surface area contributed by atoms with Crippen molar-refractivity contribution in [3.8, 4) is 0 Å². The minimum absolute atomic E-state index is 0.0279. The van der Waals surface area contributed by atoms with Gasteiger partial charge in [0.2, 0.25) is 0 Å². The average Bonchev–Trinajstić information content (AvgIpc) is 3.42. The molecule has 1 aliphatic heterocycles. The van der Waals surface area contributed by atoms with Gasteiger partial charge in [0.15, 0.2) is 5.96 Å². The Morgan fingerprint density at radius 2 is 1.96 bits per heavy atom. The Balaban J connectivity index is 1.43. The van der Waals surface area contributed by atoms with Crippen molar-refractivity contribution in [3.63, 3.8) is 0 Å². The molecule has 3 aliphatic rings. The van der Waals surface area contributed by atoms with E-state index in [0.29, 0.717) is 6.10 Å². The van der Waals surface area contributed by atoms with Crippen molar-refractivity contribution in [2.45, 2.75) is 70.5 Å². The minimum atomic E-state index is -0.196. The number of hydrogen-bond acceptors (Lipinski definition) is 3. The third-order valence-corrected chi connectivity index (χ3v) is 6.15. The summed E-state index contributed by atoms with van der Waals surface area (Å²) in [7, 11) is 1.86. The number of nitrogens with zero attached hydrogens (tertiary/aromatic N) is 2. The molecule has 24 heavy (non-hydrogen) atoms. The highest BCUT2D eigenvalue weighted by Crippen LogP contribution is 2.35. The predicted octanol–water partition coefficient (Wildman–Crippen LogP) is 2.39. The lowest BCUT2D eigenvalue weighted by molar-refractivity contribution is 0.00215. The van der Waals surface area contributed by atoms with Gasteiger partial charge in [0.05, 0.1) is 12.2 Å². The Hall–Kier alpha value is -0.810. The molecule has 0 amide bonds. The van der Waals surface area contributed by atoms with E-state index in [2.05, 4.69) is 22.1 Å². The van der Waals surface area contributed by atoms with Gasteiger partial charge in [0.25, 0.3) is 0 Å². The SMILES string of the molecule is CN=C(NCC1(C)CCCCC1O)N1CCC(OCC2CC2)CC1. The minimum Gasteiger partial charge on any atom is -0.392 e. The number of piperidine rings is 1. The maximum atomic E-state index is 10.4. The highest BCUT2D eigenvalue weighted by molar-refractivity contribution is 5.80. The number of guanidine groups is 1. The lowest BCUT2D eigenvalue weighted by Gasteiger charge is -2.40. The highest BCUT2D eigenvalue weighted by Gasteiger charge is 2.36. The topological polar surface area (TPSA) is 57.1 Å². The van der Waals surface area contributed by atoms with Gasteiger partial charge in [-0.2, -0.15) is 0 Å². The van der Waals surface area contributed by atoms with Crippen molar-refractivity contribution in [1.29, 1.82) is 0 Å². The van der Waals surface area contributed by atoms with Crippen LogP contribution in [0.25, 0.3) is 0 Å².